The van der Waals surface area contributed by atoms with Crippen molar-refractivity contribution in [2.75, 3.05) is 66.9 Å². The second-order valence-electron chi connectivity index (χ2n) is 17.1. The molecule has 5 aliphatic rings. The van der Waals surface area contributed by atoms with Crippen molar-refractivity contribution in [2.24, 2.45) is 5.41 Å². The fourth-order valence-electron chi connectivity index (χ4n) is 9.49. The molecule has 3 saturated heterocycles. The van der Waals surface area contributed by atoms with E-state index in [1.807, 2.05) is 4.90 Å². The fourth-order valence-corrected chi connectivity index (χ4v) is 11.8. The number of anilines is 3. The third-order valence-corrected chi connectivity index (χ3v) is 15.6. The highest BCUT2D eigenvalue weighted by Crippen LogP contribution is 2.50. The van der Waals surface area contributed by atoms with E-state index in [-0.39, 0.29) is 64.2 Å². The molecule has 4 fully saturated rings. The Hall–Kier alpha value is -5.86. The van der Waals surface area contributed by atoms with Crippen LogP contribution in [0.1, 0.15) is 83.5 Å². The summed E-state index contributed by atoms with van der Waals surface area (Å²) in [7, 11) is -3.74. The molecule has 0 radical (unpaired) electrons. The van der Waals surface area contributed by atoms with E-state index in [1.165, 1.54) is 23.6 Å². The van der Waals surface area contributed by atoms with Gasteiger partial charge in [-0.3, -0.25) is 43.8 Å². The number of piperidine rings is 1. The summed E-state index contributed by atoms with van der Waals surface area (Å²) in [5.74, 6) is -2.74. The average Bonchev–Trinajstić information content (AvgIpc) is 3.79. The van der Waals surface area contributed by atoms with Gasteiger partial charge < -0.3 is 15.5 Å². The van der Waals surface area contributed by atoms with Gasteiger partial charge in [0.05, 0.1) is 50.4 Å². The van der Waals surface area contributed by atoms with Gasteiger partial charge >= 0.3 is 0 Å². The summed E-state index contributed by atoms with van der Waals surface area (Å²) in [6.07, 6.45) is 5.59. The highest BCUT2D eigenvalue weighted by molar-refractivity contribution is 7.92. The van der Waals surface area contributed by atoms with E-state index in [0.717, 1.165) is 41.3 Å². The summed E-state index contributed by atoms with van der Waals surface area (Å²) in [6, 6.07) is 10.4. The third-order valence-electron chi connectivity index (χ3n) is 12.9. The first kappa shape index (κ1) is 42.4. The van der Waals surface area contributed by atoms with Crippen LogP contribution in [0.4, 0.5) is 21.7 Å². The molecule has 1 spiro atoms. The molecule has 1 saturated carbocycles. The number of nitrogens with one attached hydrogen (secondary N) is 2. The van der Waals surface area contributed by atoms with Gasteiger partial charge in [0.25, 0.3) is 11.8 Å². The first-order valence-corrected chi connectivity index (χ1v) is 23.7. The Morgan fingerprint density at radius 2 is 1.71 bits per heavy atom. The Bertz CT molecular complexity index is 2630. The van der Waals surface area contributed by atoms with Crippen molar-refractivity contribution in [3.8, 4) is 21.8 Å². The molecular weight excluding hydrogens is 852 g/mol. The summed E-state index contributed by atoms with van der Waals surface area (Å²) >= 11 is 1.43. The van der Waals surface area contributed by atoms with E-state index in [0.29, 0.717) is 68.5 Å². The second-order valence-corrected chi connectivity index (χ2v) is 20.0. The Morgan fingerprint density at radius 1 is 0.968 bits per heavy atom. The van der Waals surface area contributed by atoms with Crippen LogP contribution in [0.15, 0.2) is 48.7 Å². The van der Waals surface area contributed by atoms with Gasteiger partial charge in [-0.15, -0.1) is 11.3 Å². The topological polar surface area (TPSA) is 221 Å². The van der Waals surface area contributed by atoms with Crippen LogP contribution in [0, 0.1) is 11.2 Å². The number of sulfonamides is 1. The van der Waals surface area contributed by atoms with E-state index in [2.05, 4.69) is 29.8 Å². The number of carbonyl (C=O) groups is 5. The van der Waals surface area contributed by atoms with Gasteiger partial charge in [0.15, 0.2) is 5.82 Å². The van der Waals surface area contributed by atoms with Gasteiger partial charge in [0.1, 0.15) is 6.04 Å². The molecular formula is C43H47FN10O7S2. The van der Waals surface area contributed by atoms with Crippen LogP contribution in [0.2, 0.25) is 0 Å². The number of fused-ring (bicyclic) bond motifs is 1. The third kappa shape index (κ3) is 8.26. The quantitative estimate of drug-likeness (QED) is 0.182. The molecule has 1 atom stereocenters. The number of thiazole rings is 1. The Morgan fingerprint density at radius 3 is 2.43 bits per heavy atom. The lowest BCUT2D eigenvalue weighted by Gasteiger charge is -2.53. The average molecular weight is 899 g/mol. The SMILES string of the molecule is CCCS(=O)(=O)Nc1cccc(-c2nc(C3CCC4(CC3)CN(C(=O)CN3CCN(c5ccc6c(c5)C(=O)N([C@@H]5CCC(=O)NC5=O)C6=O)CC3)C4)sc2-c2ccnc(N)n2)c1F. The summed E-state index contributed by atoms with van der Waals surface area (Å²) in [6.45, 7) is 5.95. The van der Waals surface area contributed by atoms with Gasteiger partial charge in [-0.25, -0.2) is 27.8 Å². The standard InChI is InChI=1S/C43H47FN10O7S2/c1-2-20-63(60,61)50-30-5-3-4-28(35(30)44)36-37(31-12-15-46-42(45)47-31)62-39(49-36)25-10-13-43(14-11-25)23-53(24-43)34(56)22-51-16-18-52(19-17-51)26-6-7-27-29(21-26)41(59)54(40(27)58)32-8-9-33(55)48-38(32)57/h3-7,12,15,21,25,32,50H,2,8-11,13-14,16-20,22-24H2,1H3,(H2,45,46,47)(H,48,55,57)/t32-/m1/s1. The van der Waals surface area contributed by atoms with Gasteiger partial charge in [-0.05, 0) is 74.9 Å². The number of likely N-dealkylation sites (tertiary alicyclic amines) is 1. The van der Waals surface area contributed by atoms with Crippen LogP contribution in [0.5, 0.6) is 0 Å². The molecule has 5 amide bonds. The summed E-state index contributed by atoms with van der Waals surface area (Å²) in [5.41, 5.74) is 8.10. The van der Waals surface area contributed by atoms with Gasteiger partial charge in [0.2, 0.25) is 33.7 Å². The molecule has 2 aromatic carbocycles. The van der Waals surface area contributed by atoms with E-state index < -0.39 is 45.5 Å². The molecule has 9 rings (SSSR count). The van der Waals surface area contributed by atoms with Crippen molar-refractivity contribution in [3.63, 3.8) is 0 Å². The maximum absolute atomic E-state index is 16.1. The summed E-state index contributed by atoms with van der Waals surface area (Å²) in [4.78, 5) is 85.3. The Kier molecular flexibility index (Phi) is 11.2. The molecule has 0 bridgehead atoms. The molecule has 4 aromatic rings. The first-order chi connectivity index (χ1) is 30.2. The molecule has 4 aliphatic heterocycles. The molecule has 63 heavy (non-hydrogen) atoms. The lowest BCUT2D eigenvalue weighted by atomic mass is 9.66. The number of amides is 5. The minimum absolute atomic E-state index is 0.0329. The number of hydrogen-bond acceptors (Lipinski definition) is 14. The van der Waals surface area contributed by atoms with Crippen LogP contribution in [0.3, 0.4) is 0 Å². The molecule has 1 aliphatic carbocycles. The first-order valence-electron chi connectivity index (χ1n) is 21.2. The van der Waals surface area contributed by atoms with Crippen LogP contribution in [-0.2, 0) is 24.4 Å². The number of imide groups is 2. The zero-order valence-corrected chi connectivity index (χ0v) is 36.3. The molecule has 20 heteroatoms. The van der Waals surface area contributed by atoms with Crippen molar-refractivity contribution in [1.29, 1.82) is 0 Å². The molecule has 2 aromatic heterocycles. The lowest BCUT2D eigenvalue weighted by Crippen LogP contribution is -2.61. The van der Waals surface area contributed by atoms with Gasteiger partial charge in [-0.2, -0.15) is 0 Å². The predicted molar refractivity (Wildman–Crippen MR) is 233 cm³/mol. The molecule has 330 valence electrons. The normalized spacial score (nSPS) is 20.5. The predicted octanol–water partition coefficient (Wildman–Crippen LogP) is 3.85. The number of halogens is 1. The molecule has 0 unspecified atom stereocenters. The summed E-state index contributed by atoms with van der Waals surface area (Å²) < 4.78 is 43.6. The summed E-state index contributed by atoms with van der Waals surface area (Å²) in [5, 5.41) is 3.06. The molecule has 4 N–H and O–H groups in total. The van der Waals surface area contributed by atoms with Crippen molar-refractivity contribution in [3.05, 3.63) is 70.6 Å². The highest BCUT2D eigenvalue weighted by atomic mass is 32.2. The highest BCUT2D eigenvalue weighted by Gasteiger charge is 2.48. The minimum atomic E-state index is -3.74. The number of carbonyl (C=O) groups excluding carboxylic acids is 5. The number of nitrogens with two attached hydrogens (primary N) is 1. The van der Waals surface area contributed by atoms with Crippen molar-refractivity contribution >= 4 is 68.2 Å². The zero-order valence-electron chi connectivity index (χ0n) is 34.6. The fraction of sp³-hybridized carbons (Fsp3) is 0.442. The van der Waals surface area contributed by atoms with Crippen molar-refractivity contribution < 1.29 is 36.8 Å². The van der Waals surface area contributed by atoms with Crippen LogP contribution in [0.25, 0.3) is 21.8 Å². The number of nitrogens with zero attached hydrogens (tertiary/aromatic N) is 7. The van der Waals surface area contributed by atoms with E-state index in [9.17, 15) is 32.4 Å². The Labute approximate surface area is 367 Å². The lowest BCUT2D eigenvalue weighted by molar-refractivity contribution is -0.147. The number of piperazine rings is 1. The minimum Gasteiger partial charge on any atom is -0.369 e. The van der Waals surface area contributed by atoms with Gasteiger partial charge in [0, 0.05) is 74.5 Å². The number of hydrogen-bond donors (Lipinski definition) is 3. The number of benzene rings is 2. The maximum atomic E-state index is 16.1. The van der Waals surface area contributed by atoms with E-state index >= 15 is 4.39 Å². The van der Waals surface area contributed by atoms with Gasteiger partial charge in [-0.1, -0.05) is 13.0 Å². The van der Waals surface area contributed by atoms with Crippen LogP contribution >= 0.6 is 11.3 Å². The smallest absolute Gasteiger partial charge is 0.262 e. The molecule has 17 nitrogen and oxygen atoms in total. The maximum Gasteiger partial charge on any atom is 0.262 e. The monoisotopic (exact) mass is 898 g/mol. The number of rotatable bonds is 11. The van der Waals surface area contributed by atoms with E-state index in [4.69, 9.17) is 10.7 Å². The van der Waals surface area contributed by atoms with Crippen LogP contribution < -0.4 is 20.7 Å². The van der Waals surface area contributed by atoms with E-state index in [1.54, 1.807) is 43.3 Å². The number of aromatic nitrogens is 3. The second kappa shape index (κ2) is 16.7. The number of nitrogen functional groups attached to an aromatic ring is 1. The Balaban J connectivity index is 0.795. The largest absolute Gasteiger partial charge is 0.369 e. The van der Waals surface area contributed by atoms with Crippen molar-refractivity contribution in [1.82, 2.24) is 35.0 Å². The zero-order chi connectivity index (χ0) is 44.2. The van der Waals surface area contributed by atoms with Crippen molar-refractivity contribution in [2.45, 2.75) is 63.8 Å². The van der Waals surface area contributed by atoms with Crippen LogP contribution in [-0.4, -0.2) is 125 Å². The molecule has 6 heterocycles.